The van der Waals surface area contributed by atoms with E-state index in [0.717, 1.165) is 6.54 Å². The molecule has 0 aliphatic carbocycles. The third-order valence-electron chi connectivity index (χ3n) is 5.59. The van der Waals surface area contributed by atoms with Gasteiger partial charge in [0.1, 0.15) is 0 Å². The molecule has 2 heteroatoms. The van der Waals surface area contributed by atoms with E-state index < -0.39 is 0 Å². The molecule has 0 N–H and O–H groups in total. The summed E-state index contributed by atoms with van der Waals surface area (Å²) in [5.74, 6) is 0. The van der Waals surface area contributed by atoms with Crippen LogP contribution in [-0.4, -0.2) is 24.8 Å². The van der Waals surface area contributed by atoms with Gasteiger partial charge in [0, 0.05) is 12.2 Å². The SMILES string of the molecule is CCCCCCCc1cc(C)c(N2C[C@H](C)O[C@H](C)C2C)cc1C. The van der Waals surface area contributed by atoms with Crippen molar-refractivity contribution in [3.63, 3.8) is 0 Å². The fourth-order valence-corrected chi connectivity index (χ4v) is 3.90. The third-order valence-corrected chi connectivity index (χ3v) is 5.59. The number of benzene rings is 1. The van der Waals surface area contributed by atoms with Crippen molar-refractivity contribution in [1.82, 2.24) is 0 Å². The van der Waals surface area contributed by atoms with E-state index in [1.165, 1.54) is 60.9 Å². The molecule has 136 valence electrons. The summed E-state index contributed by atoms with van der Waals surface area (Å²) in [7, 11) is 0. The molecule has 1 aliphatic heterocycles. The summed E-state index contributed by atoms with van der Waals surface area (Å²) < 4.78 is 5.99. The highest BCUT2D eigenvalue weighted by molar-refractivity contribution is 5.58. The Hall–Kier alpha value is -1.02. The number of aryl methyl sites for hydroxylation is 3. The van der Waals surface area contributed by atoms with Gasteiger partial charge < -0.3 is 9.64 Å². The first-order valence-corrected chi connectivity index (χ1v) is 9.96. The topological polar surface area (TPSA) is 12.5 Å². The highest BCUT2D eigenvalue weighted by atomic mass is 16.5. The summed E-state index contributed by atoms with van der Waals surface area (Å²) in [5.41, 5.74) is 5.80. The molecule has 0 bridgehead atoms. The van der Waals surface area contributed by atoms with Crippen molar-refractivity contribution in [1.29, 1.82) is 0 Å². The van der Waals surface area contributed by atoms with Crippen LogP contribution in [0.3, 0.4) is 0 Å². The summed E-state index contributed by atoms with van der Waals surface area (Å²) >= 11 is 0. The number of hydrogen-bond donors (Lipinski definition) is 0. The van der Waals surface area contributed by atoms with E-state index >= 15 is 0 Å². The summed E-state index contributed by atoms with van der Waals surface area (Å²) in [5, 5.41) is 0. The molecule has 1 unspecified atom stereocenters. The van der Waals surface area contributed by atoms with Gasteiger partial charge in [-0.05, 0) is 70.2 Å². The Balaban J connectivity index is 2.08. The molecule has 1 saturated heterocycles. The van der Waals surface area contributed by atoms with Crippen LogP contribution in [0.4, 0.5) is 5.69 Å². The van der Waals surface area contributed by atoms with Crippen LogP contribution in [0.25, 0.3) is 0 Å². The quantitative estimate of drug-likeness (QED) is 0.584. The van der Waals surface area contributed by atoms with Gasteiger partial charge in [0.15, 0.2) is 0 Å². The lowest BCUT2D eigenvalue weighted by atomic mass is 9.96. The molecule has 1 aliphatic rings. The molecule has 2 rings (SSSR count). The fourth-order valence-electron chi connectivity index (χ4n) is 3.90. The number of nitrogens with zero attached hydrogens (tertiary/aromatic N) is 1. The van der Waals surface area contributed by atoms with Gasteiger partial charge in [0.25, 0.3) is 0 Å². The minimum atomic E-state index is 0.284. The van der Waals surface area contributed by atoms with Crippen molar-refractivity contribution < 1.29 is 4.74 Å². The molecule has 3 atom stereocenters. The smallest absolute Gasteiger partial charge is 0.0751 e. The Labute approximate surface area is 149 Å². The van der Waals surface area contributed by atoms with Crippen LogP contribution in [0.2, 0.25) is 0 Å². The molecule has 1 heterocycles. The lowest BCUT2D eigenvalue weighted by molar-refractivity contribution is -0.0258. The van der Waals surface area contributed by atoms with Crippen LogP contribution in [0.5, 0.6) is 0 Å². The second kappa shape index (κ2) is 8.89. The zero-order chi connectivity index (χ0) is 17.7. The second-order valence-electron chi connectivity index (χ2n) is 7.77. The first-order valence-electron chi connectivity index (χ1n) is 9.96. The highest BCUT2D eigenvalue weighted by Crippen LogP contribution is 2.31. The highest BCUT2D eigenvalue weighted by Gasteiger charge is 2.30. The van der Waals surface area contributed by atoms with Crippen LogP contribution >= 0.6 is 0 Å². The van der Waals surface area contributed by atoms with Gasteiger partial charge in [-0.15, -0.1) is 0 Å². The van der Waals surface area contributed by atoms with Gasteiger partial charge >= 0.3 is 0 Å². The molecule has 0 amide bonds. The maximum absolute atomic E-state index is 5.99. The molecule has 1 fully saturated rings. The Morgan fingerprint density at radius 1 is 1.00 bits per heavy atom. The summed E-state index contributed by atoms with van der Waals surface area (Å²) in [6.07, 6.45) is 8.57. The molecular formula is C22H37NO. The van der Waals surface area contributed by atoms with Crippen molar-refractivity contribution in [2.45, 2.75) is 98.3 Å². The average molecular weight is 332 g/mol. The minimum absolute atomic E-state index is 0.284. The number of anilines is 1. The summed E-state index contributed by atoms with van der Waals surface area (Å²) in [6, 6.07) is 5.28. The van der Waals surface area contributed by atoms with Crippen LogP contribution in [-0.2, 0) is 11.2 Å². The zero-order valence-electron chi connectivity index (χ0n) is 16.7. The molecule has 0 spiro atoms. The monoisotopic (exact) mass is 331 g/mol. The fraction of sp³-hybridized carbons (Fsp3) is 0.727. The van der Waals surface area contributed by atoms with Crippen molar-refractivity contribution in [2.75, 3.05) is 11.4 Å². The van der Waals surface area contributed by atoms with Crippen molar-refractivity contribution in [3.05, 3.63) is 28.8 Å². The Kier molecular flexibility index (Phi) is 7.16. The lowest BCUT2D eigenvalue weighted by Gasteiger charge is -2.43. The number of morpholine rings is 1. The van der Waals surface area contributed by atoms with Crippen LogP contribution in [0.1, 0.15) is 76.5 Å². The number of rotatable bonds is 7. The Morgan fingerprint density at radius 3 is 2.42 bits per heavy atom. The van der Waals surface area contributed by atoms with E-state index in [9.17, 15) is 0 Å². The van der Waals surface area contributed by atoms with E-state index in [2.05, 4.69) is 58.6 Å². The van der Waals surface area contributed by atoms with Crippen LogP contribution in [0.15, 0.2) is 12.1 Å². The van der Waals surface area contributed by atoms with Gasteiger partial charge in [-0.1, -0.05) is 38.7 Å². The van der Waals surface area contributed by atoms with E-state index in [1.807, 2.05) is 0 Å². The Morgan fingerprint density at radius 2 is 1.71 bits per heavy atom. The van der Waals surface area contributed by atoms with Gasteiger partial charge in [-0.25, -0.2) is 0 Å². The molecule has 2 nitrogen and oxygen atoms in total. The normalized spacial score (nSPS) is 24.4. The average Bonchev–Trinajstić information content (AvgIpc) is 2.53. The molecule has 1 aromatic rings. The van der Waals surface area contributed by atoms with Crippen molar-refractivity contribution >= 4 is 5.69 Å². The first-order chi connectivity index (χ1) is 11.4. The maximum Gasteiger partial charge on any atom is 0.0751 e. The van der Waals surface area contributed by atoms with E-state index in [-0.39, 0.29) is 6.10 Å². The van der Waals surface area contributed by atoms with E-state index in [1.54, 1.807) is 0 Å². The largest absolute Gasteiger partial charge is 0.372 e. The zero-order valence-corrected chi connectivity index (χ0v) is 16.7. The molecular weight excluding hydrogens is 294 g/mol. The number of ether oxygens (including phenoxy) is 1. The first kappa shape index (κ1) is 19.3. The number of unbranched alkanes of at least 4 members (excludes halogenated alkanes) is 4. The summed E-state index contributed by atoms with van der Waals surface area (Å²) in [4.78, 5) is 2.55. The van der Waals surface area contributed by atoms with Gasteiger partial charge in [0.05, 0.1) is 18.2 Å². The molecule has 24 heavy (non-hydrogen) atoms. The molecule has 0 saturated carbocycles. The van der Waals surface area contributed by atoms with Crippen molar-refractivity contribution in [2.24, 2.45) is 0 Å². The predicted molar refractivity (Wildman–Crippen MR) is 105 cm³/mol. The molecule has 0 radical (unpaired) electrons. The standard InChI is InChI=1S/C22H37NO/c1-7-8-9-10-11-12-21-13-17(3)22(14-16(21)2)23-15-18(4)24-20(6)19(23)5/h13-14,18-20H,7-12,15H2,1-6H3/t18-,19?,20+/m0/s1. The van der Waals surface area contributed by atoms with E-state index in [4.69, 9.17) is 4.74 Å². The van der Waals surface area contributed by atoms with Crippen LogP contribution < -0.4 is 4.90 Å². The lowest BCUT2D eigenvalue weighted by Crippen LogP contribution is -2.52. The second-order valence-corrected chi connectivity index (χ2v) is 7.77. The third kappa shape index (κ3) is 4.75. The predicted octanol–water partition coefficient (Wildman–Crippen LogP) is 5.82. The molecule has 0 aromatic heterocycles. The van der Waals surface area contributed by atoms with Crippen molar-refractivity contribution in [3.8, 4) is 0 Å². The van der Waals surface area contributed by atoms with E-state index in [0.29, 0.717) is 12.1 Å². The Bertz CT molecular complexity index is 525. The molecule has 1 aromatic carbocycles. The van der Waals surface area contributed by atoms with Gasteiger partial charge in [-0.2, -0.15) is 0 Å². The summed E-state index contributed by atoms with van der Waals surface area (Å²) in [6.45, 7) is 14.5. The van der Waals surface area contributed by atoms with Gasteiger partial charge in [-0.3, -0.25) is 0 Å². The minimum Gasteiger partial charge on any atom is -0.372 e. The number of hydrogen-bond acceptors (Lipinski definition) is 2. The van der Waals surface area contributed by atoms with Crippen LogP contribution in [0, 0.1) is 13.8 Å². The maximum atomic E-state index is 5.99. The van der Waals surface area contributed by atoms with Gasteiger partial charge in [0.2, 0.25) is 0 Å².